The smallest absolute Gasteiger partial charge is 0.251 e. The average molecular weight is 398 g/mol. The maximum atomic E-state index is 12.8. The number of likely N-dealkylation sites (N-methyl/N-ethyl adjacent to an activating group) is 1. The van der Waals surface area contributed by atoms with Crippen molar-refractivity contribution >= 4 is 5.91 Å². The Balaban J connectivity index is 1.67. The van der Waals surface area contributed by atoms with Crippen LogP contribution in [0.5, 0.6) is 11.5 Å². The lowest BCUT2D eigenvalue weighted by atomic mass is 9.96. The zero-order valence-electron chi connectivity index (χ0n) is 17.6. The third-order valence-corrected chi connectivity index (χ3v) is 5.68. The van der Waals surface area contributed by atoms with Gasteiger partial charge in [0.1, 0.15) is 6.61 Å². The number of hydrogen-bond acceptors (Lipinski definition) is 5. The van der Waals surface area contributed by atoms with E-state index >= 15 is 0 Å². The number of pyridine rings is 1. The fourth-order valence-corrected chi connectivity index (χ4v) is 3.84. The van der Waals surface area contributed by atoms with Crippen LogP contribution in [0.3, 0.4) is 0 Å². The van der Waals surface area contributed by atoms with Crippen LogP contribution in [-0.4, -0.2) is 48.6 Å². The van der Waals surface area contributed by atoms with Gasteiger partial charge < -0.3 is 19.7 Å². The van der Waals surface area contributed by atoms with Gasteiger partial charge in [-0.25, -0.2) is 0 Å². The van der Waals surface area contributed by atoms with Crippen molar-refractivity contribution in [3.63, 3.8) is 0 Å². The number of nitrogens with zero attached hydrogens (tertiary/aromatic N) is 2. The van der Waals surface area contributed by atoms with Crippen LogP contribution < -0.4 is 14.8 Å². The van der Waals surface area contributed by atoms with E-state index in [1.54, 1.807) is 30.6 Å². The summed E-state index contributed by atoms with van der Waals surface area (Å²) in [7, 11) is 4.19. The van der Waals surface area contributed by atoms with Crippen LogP contribution >= 0.6 is 0 Å². The number of aromatic nitrogens is 1. The molecule has 0 atom stereocenters. The van der Waals surface area contributed by atoms with Gasteiger partial charge in [0, 0.05) is 35.6 Å². The van der Waals surface area contributed by atoms with E-state index < -0.39 is 0 Å². The van der Waals surface area contributed by atoms with Gasteiger partial charge >= 0.3 is 0 Å². The highest BCUT2D eigenvalue weighted by atomic mass is 16.5. The molecule has 1 aromatic heterocycles. The number of carbonyl (C=O) groups is 1. The van der Waals surface area contributed by atoms with E-state index in [1.165, 1.54) is 12.8 Å². The highest BCUT2D eigenvalue weighted by Gasteiger charge is 2.36. The normalized spacial score (nSPS) is 15.3. The molecule has 6 nitrogen and oxygen atoms in total. The Morgan fingerprint density at radius 1 is 1.17 bits per heavy atom. The number of carbonyl (C=O) groups excluding carboxylic acids is 1. The highest BCUT2D eigenvalue weighted by molar-refractivity contribution is 5.95. The van der Waals surface area contributed by atoms with Gasteiger partial charge in [-0.3, -0.25) is 9.78 Å². The van der Waals surface area contributed by atoms with Crippen LogP contribution in [0.25, 0.3) is 0 Å². The van der Waals surface area contributed by atoms with Crippen molar-refractivity contribution in [3.8, 4) is 11.5 Å². The summed E-state index contributed by atoms with van der Waals surface area (Å²) < 4.78 is 11.6. The predicted octanol–water partition coefficient (Wildman–Crippen LogP) is 3.66. The second-order valence-electron chi connectivity index (χ2n) is 7.75. The van der Waals surface area contributed by atoms with Crippen LogP contribution in [0.2, 0.25) is 0 Å². The Labute approximate surface area is 173 Å². The topological polar surface area (TPSA) is 63.7 Å². The number of rotatable bonds is 9. The first-order chi connectivity index (χ1) is 14.0. The Morgan fingerprint density at radius 3 is 2.62 bits per heavy atom. The van der Waals surface area contributed by atoms with Crippen LogP contribution in [0.1, 0.15) is 48.5 Å². The third-order valence-electron chi connectivity index (χ3n) is 5.68. The Bertz CT molecular complexity index is 802. The molecule has 2 aromatic rings. The predicted molar refractivity (Wildman–Crippen MR) is 113 cm³/mol. The van der Waals surface area contributed by atoms with Crippen molar-refractivity contribution in [2.24, 2.45) is 0 Å². The Hall–Kier alpha value is -2.60. The molecule has 0 unspecified atom stereocenters. The van der Waals surface area contributed by atoms with Crippen molar-refractivity contribution in [1.29, 1.82) is 0 Å². The fraction of sp³-hybridized carbons (Fsp3) is 0.478. The molecule has 1 fully saturated rings. The number of benzene rings is 1. The molecule has 29 heavy (non-hydrogen) atoms. The molecule has 0 spiro atoms. The molecule has 1 aromatic carbocycles. The second-order valence-corrected chi connectivity index (χ2v) is 7.75. The van der Waals surface area contributed by atoms with Crippen LogP contribution in [-0.2, 0) is 6.61 Å². The van der Waals surface area contributed by atoms with Gasteiger partial charge in [0.15, 0.2) is 11.5 Å². The molecule has 1 saturated carbocycles. The van der Waals surface area contributed by atoms with E-state index in [9.17, 15) is 4.79 Å². The molecule has 0 saturated heterocycles. The summed E-state index contributed by atoms with van der Waals surface area (Å²) in [6.45, 7) is 3.46. The molecule has 0 bridgehead atoms. The van der Waals surface area contributed by atoms with Crippen molar-refractivity contribution in [3.05, 3.63) is 53.9 Å². The largest absolute Gasteiger partial charge is 0.490 e. The minimum Gasteiger partial charge on any atom is -0.490 e. The molecule has 3 rings (SSSR count). The summed E-state index contributed by atoms with van der Waals surface area (Å²) in [6, 6.07) is 9.18. The molecule has 1 aliphatic carbocycles. The van der Waals surface area contributed by atoms with Crippen molar-refractivity contribution < 1.29 is 14.3 Å². The molecule has 0 aliphatic heterocycles. The molecule has 6 heteroatoms. The molecule has 1 N–H and O–H groups in total. The van der Waals surface area contributed by atoms with Gasteiger partial charge in [0.05, 0.1) is 6.61 Å². The molecular weight excluding hydrogens is 366 g/mol. The zero-order chi connectivity index (χ0) is 20.7. The average Bonchev–Trinajstić information content (AvgIpc) is 3.22. The lowest BCUT2D eigenvalue weighted by molar-refractivity contribution is 0.0899. The number of nitrogens with one attached hydrogen (secondary N) is 1. The van der Waals surface area contributed by atoms with E-state index in [1.807, 2.05) is 19.1 Å². The SMILES string of the molecule is CCOc1cc(C(=O)NCC2(N(C)C)CCCC2)ccc1OCc1cccnc1. The Kier molecular flexibility index (Phi) is 7.09. The van der Waals surface area contributed by atoms with Gasteiger partial charge in [-0.15, -0.1) is 0 Å². The van der Waals surface area contributed by atoms with Gasteiger partial charge in [0.25, 0.3) is 5.91 Å². The summed E-state index contributed by atoms with van der Waals surface area (Å²) in [5, 5.41) is 3.12. The van der Waals surface area contributed by atoms with E-state index in [4.69, 9.17) is 9.47 Å². The lowest BCUT2D eigenvalue weighted by Crippen LogP contribution is -2.50. The van der Waals surface area contributed by atoms with Crippen LogP contribution in [0, 0.1) is 0 Å². The quantitative estimate of drug-likeness (QED) is 0.700. The highest BCUT2D eigenvalue weighted by Crippen LogP contribution is 2.33. The molecule has 156 valence electrons. The monoisotopic (exact) mass is 397 g/mol. The number of hydrogen-bond donors (Lipinski definition) is 1. The minimum atomic E-state index is -0.0853. The standard InChI is InChI=1S/C23H31N3O3/c1-4-28-21-14-19(9-10-20(21)29-16-18-8-7-13-24-15-18)22(27)25-17-23(26(2)3)11-5-6-12-23/h7-10,13-15H,4-6,11-12,16-17H2,1-3H3,(H,25,27). The van der Waals surface area contributed by atoms with Gasteiger partial charge in [0.2, 0.25) is 0 Å². The van der Waals surface area contributed by atoms with E-state index in [0.717, 1.165) is 18.4 Å². The van der Waals surface area contributed by atoms with Crippen molar-refractivity contribution in [2.75, 3.05) is 27.2 Å². The lowest BCUT2D eigenvalue weighted by Gasteiger charge is -2.36. The van der Waals surface area contributed by atoms with E-state index in [-0.39, 0.29) is 11.4 Å². The Morgan fingerprint density at radius 2 is 1.97 bits per heavy atom. The molecule has 1 heterocycles. The first kappa shape index (κ1) is 21.1. The second kappa shape index (κ2) is 9.74. The van der Waals surface area contributed by atoms with Gasteiger partial charge in [-0.2, -0.15) is 0 Å². The molecule has 1 aliphatic rings. The van der Waals surface area contributed by atoms with Gasteiger partial charge in [-0.1, -0.05) is 18.9 Å². The van der Waals surface area contributed by atoms with E-state index in [0.29, 0.717) is 36.8 Å². The number of amides is 1. The summed E-state index contributed by atoms with van der Waals surface area (Å²) in [5.74, 6) is 1.11. The first-order valence-electron chi connectivity index (χ1n) is 10.3. The summed E-state index contributed by atoms with van der Waals surface area (Å²) in [5.41, 5.74) is 1.61. The molecule has 0 radical (unpaired) electrons. The van der Waals surface area contributed by atoms with Gasteiger partial charge in [-0.05, 0) is 58.1 Å². The van der Waals surface area contributed by atoms with Crippen molar-refractivity contribution in [2.45, 2.75) is 44.8 Å². The number of ether oxygens (including phenoxy) is 2. The summed E-state index contributed by atoms with van der Waals surface area (Å²) >= 11 is 0. The summed E-state index contributed by atoms with van der Waals surface area (Å²) in [4.78, 5) is 19.1. The van der Waals surface area contributed by atoms with Crippen LogP contribution in [0.4, 0.5) is 0 Å². The van der Waals surface area contributed by atoms with Crippen LogP contribution in [0.15, 0.2) is 42.7 Å². The van der Waals surface area contributed by atoms with E-state index in [2.05, 4.69) is 29.3 Å². The maximum absolute atomic E-state index is 12.8. The zero-order valence-corrected chi connectivity index (χ0v) is 17.6. The summed E-state index contributed by atoms with van der Waals surface area (Å²) in [6.07, 6.45) is 8.16. The minimum absolute atomic E-state index is 0.0607. The first-order valence-corrected chi connectivity index (χ1v) is 10.3. The molecular formula is C23H31N3O3. The maximum Gasteiger partial charge on any atom is 0.251 e. The molecule has 1 amide bonds. The van der Waals surface area contributed by atoms with Crippen molar-refractivity contribution in [1.82, 2.24) is 15.2 Å². The third kappa shape index (κ3) is 5.26. The fourth-order valence-electron chi connectivity index (χ4n) is 3.84.